The van der Waals surface area contributed by atoms with E-state index >= 15 is 0 Å². The van der Waals surface area contributed by atoms with Crippen molar-refractivity contribution in [1.29, 1.82) is 0 Å². The molecule has 0 radical (unpaired) electrons. The molecule has 0 aliphatic rings. The second-order valence-corrected chi connectivity index (χ2v) is 4.26. The molecule has 1 rings (SSSR count). The van der Waals surface area contributed by atoms with Crippen LogP contribution in [-0.4, -0.2) is 17.9 Å². The molecule has 1 aromatic heterocycles. The number of rotatable bonds is 8. The van der Waals surface area contributed by atoms with E-state index in [1.165, 1.54) is 19.3 Å². The zero-order valence-electron chi connectivity index (χ0n) is 10.7. The molecule has 0 amide bonds. The van der Waals surface area contributed by atoms with Gasteiger partial charge < -0.3 is 4.74 Å². The fraction of sp³-hybridized carbons (Fsp3) is 0.571. The molecule has 0 aromatic carbocycles. The first-order valence-electron chi connectivity index (χ1n) is 6.34. The summed E-state index contributed by atoms with van der Waals surface area (Å²) >= 11 is 0. The first-order valence-corrected chi connectivity index (χ1v) is 6.34. The summed E-state index contributed by atoms with van der Waals surface area (Å²) in [6.07, 6.45) is 7.18. The largest absolute Gasteiger partial charge is 0.492 e. The number of nitrogens with zero attached hydrogens (tertiary/aromatic N) is 1. The van der Waals surface area contributed by atoms with Crippen LogP contribution in [0.25, 0.3) is 0 Å². The van der Waals surface area contributed by atoms with Crippen LogP contribution in [0.5, 0.6) is 5.75 Å². The SMILES string of the molecule is CCCCC(CC)COc1ccc(C=O)nc1. The number of carbonyl (C=O) groups is 1. The molecule has 0 spiro atoms. The topological polar surface area (TPSA) is 39.2 Å². The maximum Gasteiger partial charge on any atom is 0.168 e. The van der Waals surface area contributed by atoms with Crippen LogP contribution in [0.2, 0.25) is 0 Å². The predicted molar refractivity (Wildman–Crippen MR) is 68.4 cm³/mol. The van der Waals surface area contributed by atoms with Crippen molar-refractivity contribution in [1.82, 2.24) is 4.98 Å². The zero-order valence-corrected chi connectivity index (χ0v) is 10.7. The van der Waals surface area contributed by atoms with Crippen LogP contribution in [-0.2, 0) is 0 Å². The molecule has 3 heteroatoms. The van der Waals surface area contributed by atoms with E-state index in [-0.39, 0.29) is 0 Å². The van der Waals surface area contributed by atoms with Crippen LogP contribution in [0, 0.1) is 5.92 Å². The van der Waals surface area contributed by atoms with E-state index in [0.29, 0.717) is 11.6 Å². The van der Waals surface area contributed by atoms with Crippen molar-refractivity contribution in [2.75, 3.05) is 6.61 Å². The number of ether oxygens (including phenoxy) is 1. The van der Waals surface area contributed by atoms with Gasteiger partial charge in [0, 0.05) is 0 Å². The number of aldehydes is 1. The van der Waals surface area contributed by atoms with E-state index in [9.17, 15) is 4.79 Å². The van der Waals surface area contributed by atoms with Gasteiger partial charge in [0.1, 0.15) is 11.4 Å². The van der Waals surface area contributed by atoms with Gasteiger partial charge >= 0.3 is 0 Å². The molecular weight excluding hydrogens is 214 g/mol. The van der Waals surface area contributed by atoms with Gasteiger partial charge in [0.05, 0.1) is 12.8 Å². The smallest absolute Gasteiger partial charge is 0.168 e. The number of hydrogen-bond acceptors (Lipinski definition) is 3. The Labute approximate surface area is 103 Å². The number of carbonyl (C=O) groups excluding carboxylic acids is 1. The van der Waals surface area contributed by atoms with Crippen LogP contribution >= 0.6 is 0 Å². The van der Waals surface area contributed by atoms with Crippen molar-refractivity contribution in [2.24, 2.45) is 5.92 Å². The standard InChI is InChI=1S/C14H21NO2/c1-3-5-6-12(4-2)11-17-14-8-7-13(10-16)15-9-14/h7-10,12H,3-6,11H2,1-2H3. The van der Waals surface area contributed by atoms with Gasteiger partial charge in [-0.1, -0.05) is 33.1 Å². The minimum Gasteiger partial charge on any atom is -0.492 e. The molecule has 1 atom stereocenters. The Morgan fingerprint density at radius 1 is 1.41 bits per heavy atom. The molecule has 1 aromatic rings. The Balaban J connectivity index is 2.39. The summed E-state index contributed by atoms with van der Waals surface area (Å²) < 4.78 is 5.68. The summed E-state index contributed by atoms with van der Waals surface area (Å²) in [6.45, 7) is 5.13. The maximum atomic E-state index is 10.4. The molecule has 0 aliphatic heterocycles. The summed E-state index contributed by atoms with van der Waals surface area (Å²) in [7, 11) is 0. The number of aromatic nitrogens is 1. The van der Waals surface area contributed by atoms with Gasteiger partial charge in [0.2, 0.25) is 0 Å². The summed E-state index contributed by atoms with van der Waals surface area (Å²) in [6, 6.07) is 3.47. The molecule has 0 saturated heterocycles. The fourth-order valence-corrected chi connectivity index (χ4v) is 1.66. The molecule has 0 N–H and O–H groups in total. The summed E-state index contributed by atoms with van der Waals surface area (Å²) in [4.78, 5) is 14.4. The van der Waals surface area contributed by atoms with Gasteiger partial charge in [-0.2, -0.15) is 0 Å². The summed E-state index contributed by atoms with van der Waals surface area (Å²) in [5.41, 5.74) is 0.440. The lowest BCUT2D eigenvalue weighted by Crippen LogP contribution is -2.11. The van der Waals surface area contributed by atoms with Crippen molar-refractivity contribution in [3.63, 3.8) is 0 Å². The molecule has 94 valence electrons. The Bertz CT molecular complexity index is 321. The van der Waals surface area contributed by atoms with Crippen molar-refractivity contribution >= 4 is 6.29 Å². The molecule has 1 unspecified atom stereocenters. The summed E-state index contributed by atoms with van der Waals surface area (Å²) in [5, 5.41) is 0. The van der Waals surface area contributed by atoms with E-state index < -0.39 is 0 Å². The molecule has 1 heterocycles. The lowest BCUT2D eigenvalue weighted by atomic mass is 10.0. The van der Waals surface area contributed by atoms with Gasteiger partial charge in [-0.05, 0) is 24.5 Å². The van der Waals surface area contributed by atoms with Gasteiger partial charge in [-0.15, -0.1) is 0 Å². The Kier molecular flexibility index (Phi) is 6.30. The van der Waals surface area contributed by atoms with E-state index in [1.807, 2.05) is 0 Å². The van der Waals surface area contributed by atoms with E-state index in [1.54, 1.807) is 18.3 Å². The molecule has 3 nitrogen and oxygen atoms in total. The highest BCUT2D eigenvalue weighted by Crippen LogP contribution is 2.15. The van der Waals surface area contributed by atoms with Gasteiger partial charge in [-0.3, -0.25) is 4.79 Å². The highest BCUT2D eigenvalue weighted by atomic mass is 16.5. The van der Waals surface area contributed by atoms with Gasteiger partial charge in [0.15, 0.2) is 6.29 Å². The molecule has 0 saturated carbocycles. The quantitative estimate of drug-likeness (QED) is 0.647. The van der Waals surface area contributed by atoms with Crippen LogP contribution < -0.4 is 4.74 Å². The summed E-state index contributed by atoms with van der Waals surface area (Å²) in [5.74, 6) is 1.35. The Hall–Kier alpha value is -1.38. The van der Waals surface area contributed by atoms with Crippen LogP contribution in [0.4, 0.5) is 0 Å². The third-order valence-electron chi connectivity index (χ3n) is 2.91. The normalized spacial score (nSPS) is 12.1. The average Bonchev–Trinajstić information content (AvgIpc) is 2.39. The van der Waals surface area contributed by atoms with Crippen LogP contribution in [0.15, 0.2) is 18.3 Å². The highest BCUT2D eigenvalue weighted by Gasteiger charge is 2.06. The van der Waals surface area contributed by atoms with Crippen molar-refractivity contribution < 1.29 is 9.53 Å². The Morgan fingerprint density at radius 2 is 2.24 bits per heavy atom. The van der Waals surface area contributed by atoms with Gasteiger partial charge in [0.25, 0.3) is 0 Å². The van der Waals surface area contributed by atoms with Crippen LogP contribution in [0.1, 0.15) is 50.0 Å². The van der Waals surface area contributed by atoms with Gasteiger partial charge in [-0.25, -0.2) is 4.98 Å². The monoisotopic (exact) mass is 235 g/mol. The van der Waals surface area contributed by atoms with E-state index in [4.69, 9.17) is 4.74 Å². The zero-order chi connectivity index (χ0) is 12.5. The first kappa shape index (κ1) is 13.7. The van der Waals surface area contributed by atoms with E-state index in [0.717, 1.165) is 25.1 Å². The number of unbranched alkanes of at least 4 members (excludes halogenated alkanes) is 1. The number of pyridine rings is 1. The molecular formula is C14H21NO2. The predicted octanol–water partition coefficient (Wildman–Crippen LogP) is 3.49. The fourth-order valence-electron chi connectivity index (χ4n) is 1.66. The lowest BCUT2D eigenvalue weighted by molar-refractivity contribution is 0.111. The molecule has 0 fully saturated rings. The molecule has 0 aliphatic carbocycles. The van der Waals surface area contributed by atoms with E-state index in [2.05, 4.69) is 18.8 Å². The van der Waals surface area contributed by atoms with Crippen molar-refractivity contribution in [3.8, 4) is 5.75 Å². The highest BCUT2D eigenvalue weighted by molar-refractivity contribution is 5.71. The molecule has 0 bridgehead atoms. The number of hydrogen-bond donors (Lipinski definition) is 0. The minimum atomic E-state index is 0.440. The first-order chi connectivity index (χ1) is 8.30. The Morgan fingerprint density at radius 3 is 2.76 bits per heavy atom. The second-order valence-electron chi connectivity index (χ2n) is 4.26. The second kappa shape index (κ2) is 7.82. The third-order valence-corrected chi connectivity index (χ3v) is 2.91. The van der Waals surface area contributed by atoms with Crippen molar-refractivity contribution in [3.05, 3.63) is 24.0 Å². The maximum absolute atomic E-state index is 10.4. The molecule has 17 heavy (non-hydrogen) atoms. The third kappa shape index (κ3) is 4.98. The average molecular weight is 235 g/mol. The van der Waals surface area contributed by atoms with Crippen molar-refractivity contribution in [2.45, 2.75) is 39.5 Å². The minimum absolute atomic E-state index is 0.440. The lowest BCUT2D eigenvalue weighted by Gasteiger charge is -2.15. The van der Waals surface area contributed by atoms with Crippen LogP contribution in [0.3, 0.4) is 0 Å².